The number of hydrogen-bond acceptors (Lipinski definition) is 3. The number of rotatable bonds is 9. The van der Waals surface area contributed by atoms with Gasteiger partial charge in [0.15, 0.2) is 0 Å². The molecule has 2 atom stereocenters. The molecule has 0 fully saturated rings. The van der Waals surface area contributed by atoms with Gasteiger partial charge in [0, 0.05) is 0 Å². The van der Waals surface area contributed by atoms with Crippen molar-refractivity contribution in [2.45, 2.75) is 39.3 Å². The van der Waals surface area contributed by atoms with Crippen LogP contribution in [-0.2, 0) is 9.53 Å². The van der Waals surface area contributed by atoms with Gasteiger partial charge < -0.3 is 4.74 Å². The van der Waals surface area contributed by atoms with E-state index < -0.39 is 0 Å². The highest BCUT2D eigenvalue weighted by Gasteiger charge is 2.24. The van der Waals surface area contributed by atoms with E-state index in [0.29, 0.717) is 12.5 Å². The average molecular weight is 351 g/mol. The predicted octanol–water partition coefficient (Wildman–Crippen LogP) is 5.01. The molecule has 0 aliphatic rings. The maximum atomic E-state index is 12.4. The molecule has 2 rings (SSSR count). The van der Waals surface area contributed by atoms with E-state index in [2.05, 4.69) is 55.6 Å². The van der Waals surface area contributed by atoms with Crippen LogP contribution in [0.2, 0.25) is 0 Å². The molecule has 0 saturated heterocycles. The monoisotopic (exact) mass is 351 g/mol. The summed E-state index contributed by atoms with van der Waals surface area (Å²) >= 11 is 0. The molecule has 0 spiro atoms. The molecule has 2 aromatic rings. The number of hydrogen-bond donors (Lipinski definition) is 1. The van der Waals surface area contributed by atoms with Gasteiger partial charge in [-0.3, -0.25) is 10.1 Å². The second kappa shape index (κ2) is 10.6. The van der Waals surface area contributed by atoms with Gasteiger partial charge in [0.25, 0.3) is 0 Å². The van der Waals surface area contributed by atoms with Gasteiger partial charge in [-0.05, 0) is 30.4 Å². The maximum absolute atomic E-state index is 12.4. The molecule has 0 heterocycles. The van der Waals surface area contributed by atoms with Crippen molar-refractivity contribution in [2.24, 2.45) is 5.92 Å². The first-order valence-electron chi connectivity index (χ1n) is 9.31. The first-order chi connectivity index (χ1) is 12.6. The summed E-state index contributed by atoms with van der Waals surface area (Å²) in [7, 11) is 0. The molecule has 0 saturated carbocycles. The summed E-state index contributed by atoms with van der Waals surface area (Å²) in [6.07, 6.45) is 4.93. The summed E-state index contributed by atoms with van der Waals surface area (Å²) < 4.78 is 5.28. The van der Waals surface area contributed by atoms with Crippen LogP contribution in [0.1, 0.15) is 44.4 Å². The number of ether oxygens (including phenoxy) is 1. The van der Waals surface area contributed by atoms with Gasteiger partial charge in [0.2, 0.25) is 0 Å². The molecule has 0 aromatic heterocycles. The van der Waals surface area contributed by atoms with Crippen LogP contribution in [0.4, 0.5) is 0 Å². The minimum absolute atomic E-state index is 0.0652. The predicted molar refractivity (Wildman–Crippen MR) is 108 cm³/mol. The third-order valence-electron chi connectivity index (χ3n) is 4.10. The Hall–Kier alpha value is -2.39. The van der Waals surface area contributed by atoms with E-state index in [0.717, 1.165) is 17.5 Å². The SMILES string of the molecule is CCOC(=O)C(CC(C)C)NC(/C=C/c1ccccc1)c1ccccc1. The average Bonchev–Trinajstić information content (AvgIpc) is 2.65. The number of esters is 1. The van der Waals surface area contributed by atoms with Crippen LogP contribution in [0.5, 0.6) is 0 Å². The van der Waals surface area contributed by atoms with Gasteiger partial charge in [-0.1, -0.05) is 86.7 Å². The van der Waals surface area contributed by atoms with E-state index >= 15 is 0 Å². The van der Waals surface area contributed by atoms with Crippen molar-refractivity contribution in [1.82, 2.24) is 5.32 Å². The minimum Gasteiger partial charge on any atom is -0.465 e. The lowest BCUT2D eigenvalue weighted by atomic mass is 9.99. The largest absolute Gasteiger partial charge is 0.465 e. The second-order valence-electron chi connectivity index (χ2n) is 6.76. The second-order valence-corrected chi connectivity index (χ2v) is 6.76. The van der Waals surface area contributed by atoms with Crippen molar-refractivity contribution >= 4 is 12.0 Å². The third kappa shape index (κ3) is 6.49. The molecule has 0 radical (unpaired) electrons. The van der Waals surface area contributed by atoms with Crippen molar-refractivity contribution in [3.63, 3.8) is 0 Å². The van der Waals surface area contributed by atoms with Crippen LogP contribution >= 0.6 is 0 Å². The van der Waals surface area contributed by atoms with Crippen molar-refractivity contribution in [1.29, 1.82) is 0 Å². The minimum atomic E-state index is -0.333. The highest BCUT2D eigenvalue weighted by Crippen LogP contribution is 2.19. The Bertz CT molecular complexity index is 680. The van der Waals surface area contributed by atoms with E-state index in [1.807, 2.05) is 43.3 Å². The molecule has 26 heavy (non-hydrogen) atoms. The first-order valence-corrected chi connectivity index (χ1v) is 9.31. The quantitative estimate of drug-likeness (QED) is 0.646. The molecule has 2 unspecified atom stereocenters. The van der Waals surface area contributed by atoms with E-state index in [1.165, 1.54) is 0 Å². The molecule has 3 heteroatoms. The summed E-state index contributed by atoms with van der Waals surface area (Å²) in [6, 6.07) is 20.0. The lowest BCUT2D eigenvalue weighted by Gasteiger charge is -2.24. The number of carbonyl (C=O) groups excluding carboxylic acids is 1. The zero-order valence-corrected chi connectivity index (χ0v) is 15.9. The lowest BCUT2D eigenvalue weighted by Crippen LogP contribution is -2.40. The summed E-state index contributed by atoms with van der Waals surface area (Å²) in [5.41, 5.74) is 2.25. The summed E-state index contributed by atoms with van der Waals surface area (Å²) in [6.45, 7) is 6.47. The normalized spacial score (nSPS) is 13.7. The molecule has 138 valence electrons. The van der Waals surface area contributed by atoms with E-state index in [-0.39, 0.29) is 18.1 Å². The topological polar surface area (TPSA) is 38.3 Å². The fraction of sp³-hybridized carbons (Fsp3) is 0.348. The van der Waals surface area contributed by atoms with Crippen LogP contribution in [0.25, 0.3) is 6.08 Å². The Balaban J connectivity index is 2.24. The molecular formula is C23H29NO2. The molecule has 2 aromatic carbocycles. The molecule has 3 nitrogen and oxygen atoms in total. The van der Waals surface area contributed by atoms with Gasteiger partial charge in [0.05, 0.1) is 12.6 Å². The van der Waals surface area contributed by atoms with Gasteiger partial charge in [-0.2, -0.15) is 0 Å². The summed E-state index contributed by atoms with van der Waals surface area (Å²) in [4.78, 5) is 12.4. The van der Waals surface area contributed by atoms with Crippen molar-refractivity contribution in [3.8, 4) is 0 Å². The van der Waals surface area contributed by atoms with Crippen molar-refractivity contribution in [2.75, 3.05) is 6.61 Å². The molecular weight excluding hydrogens is 322 g/mol. The summed E-state index contributed by atoms with van der Waals surface area (Å²) in [5, 5.41) is 3.50. The fourth-order valence-electron chi connectivity index (χ4n) is 2.86. The Morgan fingerprint density at radius 1 is 1.04 bits per heavy atom. The molecule has 0 aliphatic heterocycles. The van der Waals surface area contributed by atoms with Crippen LogP contribution in [0.15, 0.2) is 66.7 Å². The Labute approximate surface area is 157 Å². The molecule has 0 aliphatic carbocycles. The van der Waals surface area contributed by atoms with Crippen LogP contribution in [0, 0.1) is 5.92 Å². The number of carbonyl (C=O) groups is 1. The highest BCUT2D eigenvalue weighted by atomic mass is 16.5. The van der Waals surface area contributed by atoms with Gasteiger partial charge in [-0.15, -0.1) is 0 Å². The number of benzene rings is 2. The van der Waals surface area contributed by atoms with Crippen LogP contribution < -0.4 is 5.32 Å². The maximum Gasteiger partial charge on any atom is 0.323 e. The summed E-state index contributed by atoms with van der Waals surface area (Å²) in [5.74, 6) is 0.210. The van der Waals surface area contributed by atoms with E-state index in [9.17, 15) is 4.79 Å². The van der Waals surface area contributed by atoms with Crippen LogP contribution in [-0.4, -0.2) is 18.6 Å². The van der Waals surface area contributed by atoms with Gasteiger partial charge >= 0.3 is 5.97 Å². The van der Waals surface area contributed by atoms with Crippen LogP contribution in [0.3, 0.4) is 0 Å². The van der Waals surface area contributed by atoms with Crippen molar-refractivity contribution < 1.29 is 9.53 Å². The highest BCUT2D eigenvalue weighted by molar-refractivity contribution is 5.76. The van der Waals surface area contributed by atoms with E-state index in [4.69, 9.17) is 4.74 Å². The van der Waals surface area contributed by atoms with Gasteiger partial charge in [0.1, 0.15) is 6.04 Å². The lowest BCUT2D eigenvalue weighted by molar-refractivity contribution is -0.146. The smallest absolute Gasteiger partial charge is 0.323 e. The third-order valence-corrected chi connectivity index (χ3v) is 4.10. The zero-order chi connectivity index (χ0) is 18.8. The Morgan fingerprint density at radius 3 is 2.23 bits per heavy atom. The Morgan fingerprint density at radius 2 is 1.65 bits per heavy atom. The fourth-order valence-corrected chi connectivity index (χ4v) is 2.86. The molecule has 1 N–H and O–H groups in total. The van der Waals surface area contributed by atoms with Crippen molar-refractivity contribution in [3.05, 3.63) is 77.9 Å². The first kappa shape index (κ1) is 19.9. The molecule has 0 amide bonds. The Kier molecular flexibility index (Phi) is 8.10. The molecule has 0 bridgehead atoms. The standard InChI is InChI=1S/C23H29NO2/c1-4-26-23(25)22(17-18(2)3)24-21(20-13-9-6-10-14-20)16-15-19-11-7-5-8-12-19/h5-16,18,21-22,24H,4,17H2,1-3H3/b16-15+. The van der Waals surface area contributed by atoms with Gasteiger partial charge in [-0.25, -0.2) is 0 Å². The van der Waals surface area contributed by atoms with E-state index in [1.54, 1.807) is 0 Å². The number of nitrogens with one attached hydrogen (secondary N) is 1. The zero-order valence-electron chi connectivity index (χ0n) is 15.9.